The average Bonchev–Trinajstić information content (AvgIpc) is 2.65. The Morgan fingerprint density at radius 3 is 2.46 bits per heavy atom. The summed E-state index contributed by atoms with van der Waals surface area (Å²) in [6.07, 6.45) is 0. The molecule has 1 N–H and O–H groups in total. The number of carbonyl (C=O) groups is 1. The van der Waals surface area contributed by atoms with Gasteiger partial charge in [-0.25, -0.2) is 4.39 Å². The number of hydrogen-bond acceptors (Lipinski definition) is 3. The quantitative estimate of drug-likeness (QED) is 0.675. The molecule has 0 bridgehead atoms. The smallest absolute Gasteiger partial charge is 0.255 e. The van der Waals surface area contributed by atoms with Crippen LogP contribution in [0.1, 0.15) is 21.5 Å². The Morgan fingerprint density at radius 2 is 1.77 bits per heavy atom. The molecule has 0 aliphatic heterocycles. The molecule has 26 heavy (non-hydrogen) atoms. The Hall–Kier alpha value is -3.10. The van der Waals surface area contributed by atoms with Crippen molar-refractivity contribution in [3.63, 3.8) is 0 Å². The second-order valence-corrected chi connectivity index (χ2v) is 6.74. The lowest BCUT2D eigenvalue weighted by atomic mass is 10.2. The van der Waals surface area contributed by atoms with E-state index in [9.17, 15) is 14.4 Å². The number of nitrogens with one attached hydrogen (secondary N) is 1. The molecule has 0 fully saturated rings. The SMILES string of the molecule is Cc1ccccc1Sc1ccc(NC(=O)c2ccc(F)cc2)cc1C#N. The third-order valence-electron chi connectivity index (χ3n) is 3.78. The maximum atomic E-state index is 13.0. The number of carbonyl (C=O) groups excluding carboxylic acids is 1. The van der Waals surface area contributed by atoms with Crippen LogP contribution in [0.15, 0.2) is 76.5 Å². The minimum absolute atomic E-state index is 0.350. The molecule has 0 heterocycles. The number of anilines is 1. The molecule has 0 aliphatic carbocycles. The summed E-state index contributed by atoms with van der Waals surface area (Å²) in [4.78, 5) is 14.1. The first kappa shape index (κ1) is 17.7. The third-order valence-corrected chi connectivity index (χ3v) is 5.03. The van der Waals surface area contributed by atoms with Crippen LogP contribution in [-0.4, -0.2) is 5.91 Å². The molecule has 0 aliphatic rings. The summed E-state index contributed by atoms with van der Waals surface area (Å²) in [6, 6.07) is 20.6. The van der Waals surface area contributed by atoms with Gasteiger partial charge < -0.3 is 5.32 Å². The number of rotatable bonds is 4. The van der Waals surface area contributed by atoms with Crippen LogP contribution >= 0.6 is 11.8 Å². The molecule has 3 aromatic rings. The average molecular weight is 362 g/mol. The standard InChI is InChI=1S/C21H15FN2OS/c1-14-4-2-3-5-19(14)26-20-11-10-18(12-16(20)13-23)24-21(25)15-6-8-17(22)9-7-15/h2-12H,1H3,(H,24,25). The highest BCUT2D eigenvalue weighted by atomic mass is 32.2. The Labute approximate surface area is 155 Å². The van der Waals surface area contributed by atoms with Crippen LogP contribution in [0.25, 0.3) is 0 Å². The molecule has 0 aromatic heterocycles. The Morgan fingerprint density at radius 1 is 1.04 bits per heavy atom. The van der Waals surface area contributed by atoms with Crippen LogP contribution in [0.5, 0.6) is 0 Å². The molecule has 0 saturated heterocycles. The topological polar surface area (TPSA) is 52.9 Å². The van der Waals surface area contributed by atoms with Gasteiger partial charge in [-0.1, -0.05) is 30.0 Å². The van der Waals surface area contributed by atoms with Crippen LogP contribution < -0.4 is 5.32 Å². The first-order chi connectivity index (χ1) is 12.6. The second-order valence-electron chi connectivity index (χ2n) is 5.65. The zero-order valence-electron chi connectivity index (χ0n) is 14.0. The van der Waals surface area contributed by atoms with Crippen molar-refractivity contribution in [1.82, 2.24) is 0 Å². The molecule has 0 radical (unpaired) electrons. The van der Waals surface area contributed by atoms with Crippen molar-refractivity contribution in [2.45, 2.75) is 16.7 Å². The Bertz CT molecular complexity index is 994. The van der Waals surface area contributed by atoms with Crippen LogP contribution in [-0.2, 0) is 0 Å². The van der Waals surface area contributed by atoms with E-state index in [1.54, 1.807) is 12.1 Å². The summed E-state index contributed by atoms with van der Waals surface area (Å²) < 4.78 is 13.0. The van der Waals surface area contributed by atoms with Gasteiger partial charge >= 0.3 is 0 Å². The number of nitriles is 1. The van der Waals surface area contributed by atoms with Gasteiger partial charge in [0.2, 0.25) is 0 Å². The highest BCUT2D eigenvalue weighted by molar-refractivity contribution is 7.99. The van der Waals surface area contributed by atoms with E-state index in [0.29, 0.717) is 16.8 Å². The minimum atomic E-state index is -0.397. The van der Waals surface area contributed by atoms with E-state index in [1.807, 2.05) is 37.3 Å². The number of benzene rings is 3. The monoisotopic (exact) mass is 362 g/mol. The predicted molar refractivity (Wildman–Crippen MR) is 101 cm³/mol. The van der Waals surface area contributed by atoms with Gasteiger partial charge in [0.05, 0.1) is 5.56 Å². The van der Waals surface area contributed by atoms with E-state index in [-0.39, 0.29) is 5.91 Å². The van der Waals surface area contributed by atoms with Gasteiger partial charge in [-0.3, -0.25) is 4.79 Å². The molecule has 3 nitrogen and oxygen atoms in total. The highest BCUT2D eigenvalue weighted by Crippen LogP contribution is 2.33. The lowest BCUT2D eigenvalue weighted by Gasteiger charge is -2.10. The number of aryl methyl sites for hydroxylation is 1. The van der Waals surface area contributed by atoms with Crippen molar-refractivity contribution in [3.05, 3.63) is 89.2 Å². The van der Waals surface area contributed by atoms with E-state index in [4.69, 9.17) is 0 Å². The van der Waals surface area contributed by atoms with Gasteiger partial charge in [0, 0.05) is 21.0 Å². The van der Waals surface area contributed by atoms with E-state index in [1.165, 1.54) is 36.0 Å². The molecule has 0 spiro atoms. The lowest BCUT2D eigenvalue weighted by Crippen LogP contribution is -2.11. The Kier molecular flexibility index (Phi) is 5.35. The number of hydrogen-bond donors (Lipinski definition) is 1. The lowest BCUT2D eigenvalue weighted by molar-refractivity contribution is 0.102. The zero-order chi connectivity index (χ0) is 18.5. The van der Waals surface area contributed by atoms with Crippen molar-refractivity contribution in [2.24, 2.45) is 0 Å². The molecule has 3 aromatic carbocycles. The molecule has 0 unspecified atom stereocenters. The molecule has 0 atom stereocenters. The minimum Gasteiger partial charge on any atom is -0.322 e. The molecule has 0 saturated carbocycles. The normalized spacial score (nSPS) is 10.2. The fraction of sp³-hybridized carbons (Fsp3) is 0.0476. The van der Waals surface area contributed by atoms with Crippen molar-refractivity contribution in [2.75, 3.05) is 5.32 Å². The summed E-state index contributed by atoms with van der Waals surface area (Å²) in [5.74, 6) is -0.751. The maximum absolute atomic E-state index is 13.0. The molecule has 5 heteroatoms. The predicted octanol–water partition coefficient (Wildman–Crippen LogP) is 5.41. The summed E-state index contributed by atoms with van der Waals surface area (Å²) >= 11 is 1.51. The first-order valence-corrected chi connectivity index (χ1v) is 8.73. The van der Waals surface area contributed by atoms with E-state index in [2.05, 4.69) is 11.4 Å². The van der Waals surface area contributed by atoms with Crippen LogP contribution in [0, 0.1) is 24.1 Å². The van der Waals surface area contributed by atoms with Crippen LogP contribution in [0.4, 0.5) is 10.1 Å². The largest absolute Gasteiger partial charge is 0.322 e. The molecule has 1 amide bonds. The summed E-state index contributed by atoms with van der Waals surface area (Å²) in [5, 5.41) is 12.2. The van der Waals surface area contributed by atoms with Gasteiger partial charge in [0.25, 0.3) is 5.91 Å². The molecular weight excluding hydrogens is 347 g/mol. The number of halogens is 1. The van der Waals surface area contributed by atoms with Crippen molar-refractivity contribution < 1.29 is 9.18 Å². The van der Waals surface area contributed by atoms with Crippen molar-refractivity contribution in [3.8, 4) is 6.07 Å². The van der Waals surface area contributed by atoms with Crippen molar-refractivity contribution >= 4 is 23.4 Å². The van der Waals surface area contributed by atoms with E-state index >= 15 is 0 Å². The third kappa shape index (κ3) is 4.11. The highest BCUT2D eigenvalue weighted by Gasteiger charge is 2.10. The zero-order valence-corrected chi connectivity index (χ0v) is 14.8. The number of nitrogens with zero attached hydrogens (tertiary/aromatic N) is 1. The van der Waals surface area contributed by atoms with E-state index in [0.717, 1.165) is 15.4 Å². The summed E-state index contributed by atoms with van der Waals surface area (Å²) in [5.41, 5.74) is 2.48. The fourth-order valence-electron chi connectivity index (χ4n) is 2.38. The molecule has 128 valence electrons. The van der Waals surface area contributed by atoms with E-state index < -0.39 is 5.82 Å². The van der Waals surface area contributed by atoms with Crippen molar-refractivity contribution in [1.29, 1.82) is 5.26 Å². The van der Waals surface area contributed by atoms with Gasteiger partial charge in [0.1, 0.15) is 11.9 Å². The van der Waals surface area contributed by atoms with Gasteiger partial charge in [-0.15, -0.1) is 0 Å². The first-order valence-electron chi connectivity index (χ1n) is 7.91. The Balaban J connectivity index is 1.80. The summed E-state index contributed by atoms with van der Waals surface area (Å²) in [6.45, 7) is 2.02. The molecular formula is C21H15FN2OS. The summed E-state index contributed by atoms with van der Waals surface area (Å²) in [7, 11) is 0. The van der Waals surface area contributed by atoms with Crippen LogP contribution in [0.3, 0.4) is 0 Å². The molecule has 3 rings (SSSR count). The van der Waals surface area contributed by atoms with Gasteiger partial charge in [0.15, 0.2) is 0 Å². The second kappa shape index (κ2) is 7.85. The van der Waals surface area contributed by atoms with Crippen LogP contribution in [0.2, 0.25) is 0 Å². The number of amides is 1. The fourth-order valence-corrected chi connectivity index (χ4v) is 3.34. The van der Waals surface area contributed by atoms with Gasteiger partial charge in [-0.05, 0) is 61.0 Å². The van der Waals surface area contributed by atoms with Gasteiger partial charge in [-0.2, -0.15) is 5.26 Å². The maximum Gasteiger partial charge on any atom is 0.255 e.